The first-order valence-corrected chi connectivity index (χ1v) is 54.1. The first kappa shape index (κ1) is 139. The summed E-state index contributed by atoms with van der Waals surface area (Å²) in [5.41, 5.74) is 7.30. The van der Waals surface area contributed by atoms with Crippen molar-refractivity contribution >= 4 is 94.4 Å². The second kappa shape index (κ2) is 116. The Labute approximate surface area is 684 Å². The summed E-state index contributed by atoms with van der Waals surface area (Å²) in [6, 6.07) is 3.43. The third kappa shape index (κ3) is 192. The van der Waals surface area contributed by atoms with Gasteiger partial charge in [0.15, 0.2) is 7.38 Å². The summed E-state index contributed by atoms with van der Waals surface area (Å²) in [7, 11) is 13.5. The Morgan fingerprint density at radius 1 is 0.457 bits per heavy atom. The Balaban J connectivity index is -0.0000000377. The molecule has 1 aliphatic carbocycles. The number of nitrogens with zero attached hydrogens (tertiary/aromatic N) is 7. The van der Waals surface area contributed by atoms with Gasteiger partial charge in [-0.3, -0.25) is 11.8 Å². The maximum absolute atomic E-state index is 6.18. The molecule has 0 bridgehead atoms. The number of rotatable bonds is 23. The minimum Gasteiger partial charge on any atom is -0.668 e. The summed E-state index contributed by atoms with van der Waals surface area (Å²) < 4.78 is 0. The molecule has 556 valence electrons. The summed E-state index contributed by atoms with van der Waals surface area (Å²) in [6.07, 6.45) is 19.2. The van der Waals surface area contributed by atoms with Gasteiger partial charge in [-0.25, -0.2) is 5.92 Å². The van der Waals surface area contributed by atoms with Crippen molar-refractivity contribution in [1.29, 1.82) is 0 Å². The van der Waals surface area contributed by atoms with E-state index in [-0.39, 0.29) is 93.7 Å². The Morgan fingerprint density at radius 2 is 0.702 bits per heavy atom. The molecule has 0 unspecified atom stereocenters. The van der Waals surface area contributed by atoms with Crippen molar-refractivity contribution in [2.24, 2.45) is 11.7 Å². The van der Waals surface area contributed by atoms with Crippen LogP contribution in [0.3, 0.4) is 0 Å². The molecule has 0 amide bonds. The Kier molecular flexibility index (Phi) is 172. The van der Waals surface area contributed by atoms with Crippen molar-refractivity contribution in [1.82, 2.24) is 19.9 Å². The molecule has 6 N–H and O–H groups in total. The van der Waals surface area contributed by atoms with E-state index in [1.54, 1.807) is 91.5 Å². The monoisotopic (exact) mass is 1670 g/mol. The third-order valence-electron chi connectivity index (χ3n) is 9.52. The van der Waals surface area contributed by atoms with E-state index >= 15 is 0 Å². The van der Waals surface area contributed by atoms with Crippen LogP contribution in [0.5, 0.6) is 0 Å². The molecule has 25 heteroatoms. The first-order valence-electron chi connectivity index (χ1n) is 32.3. The standard InChI is InChI=1S/C11H24NSi.2C11H19NSi.2C6H16ClNSi.C5H3.C3H8Cl2Si.C3H9N.6C2H6N.CH3.Na.2Zr.3H2/c1-4-9-12-13(2,3)10-11-7-5-6-8-11;2*1-5-7-8-9-11-13(3,4)12-10-6-2;2*1-4-5-8-9(2,3)6-7;1-3-5-4-2;1-6(2,5)3-4;1-2-3-4;6*1-3-2;;;;;;;/h11H,4-10H2,1-3H3;2*12H,6,10-11H2,1-4H3;2*8H,4-6H2,1-3H3;1H3;3H2,1-2H3;2-4H2,1H3;6*1-2H3;1H3;;;;3*1H/q-1;;;;;-1;;;7*-1;+1;2*+4;;;. The minimum absolute atomic E-state index is 0. The van der Waals surface area contributed by atoms with Crippen molar-refractivity contribution < 1.29 is 86.2 Å². The van der Waals surface area contributed by atoms with Crippen molar-refractivity contribution in [3.05, 3.63) is 50.7 Å². The molecular formula is C69H159Cl4N12NaSi6Zr2. The van der Waals surface area contributed by atoms with Crippen molar-refractivity contribution in [3.63, 3.8) is 0 Å². The quantitative estimate of drug-likeness (QED) is 0.0225. The number of nitrogens with two attached hydrogens (primary N) is 1. The Bertz CT molecular complexity index is 1640. The molecule has 1 rings (SSSR count). The molecule has 0 saturated heterocycles. The van der Waals surface area contributed by atoms with E-state index < -0.39 is 48.6 Å². The van der Waals surface area contributed by atoms with E-state index in [0.29, 0.717) is 5.50 Å². The molecule has 94 heavy (non-hydrogen) atoms. The van der Waals surface area contributed by atoms with Crippen molar-refractivity contribution in [2.45, 2.75) is 223 Å². The predicted octanol–water partition coefficient (Wildman–Crippen LogP) is 17.6. The molecule has 0 spiro atoms. The number of hydrogen-bond donors (Lipinski definition) is 5. The first-order chi connectivity index (χ1) is 42.0. The van der Waals surface area contributed by atoms with Crippen LogP contribution in [-0.2, 0) is 52.4 Å². The van der Waals surface area contributed by atoms with Gasteiger partial charge in [-0.2, -0.15) is 102 Å². The topological polar surface area (TPSA) is 173 Å². The van der Waals surface area contributed by atoms with Crippen LogP contribution in [0.1, 0.15) is 131 Å². The minimum atomic E-state index is -1.39. The molecule has 0 aromatic carbocycles. The van der Waals surface area contributed by atoms with Gasteiger partial charge in [-0.15, -0.1) is 34.8 Å². The van der Waals surface area contributed by atoms with Crippen LogP contribution in [0.15, 0.2) is 0 Å². The maximum atomic E-state index is 6.18. The zero-order chi connectivity index (χ0) is 73.7. The fourth-order valence-electron chi connectivity index (χ4n) is 5.28. The van der Waals surface area contributed by atoms with E-state index in [0.717, 1.165) is 74.7 Å². The molecular weight excluding hydrogens is 1510 g/mol. The van der Waals surface area contributed by atoms with Crippen LogP contribution in [0.2, 0.25) is 96.7 Å². The van der Waals surface area contributed by atoms with Crippen LogP contribution in [-0.4, -0.2) is 189 Å². The van der Waals surface area contributed by atoms with Gasteiger partial charge in [0, 0.05) is 32.9 Å². The SMILES string of the molecule is CC#CC#CC[Si](C)(C)NCCC.CC#CC#CC[Si](C)(C)NCCC.CCCN.CCCN[Si](C)(C)CCl.CCCN[Si](C)(C)CCl.CCC[N-][Si](C)(C)CC1CCCC1.C[N-]C.C[N-]C.C[N-]C.C[N-]C.C[N-]C.C[N-]C.C[Si](C)(Cl)CCl.[C-]#CC#CC.[CH3-].[HH].[HH].[HH].[Na+].[Zr+4].[Zr+4]. The fraction of sp³-hybridized carbons (Fsp3) is 0.812. The van der Waals surface area contributed by atoms with E-state index in [9.17, 15) is 0 Å². The van der Waals surface area contributed by atoms with E-state index in [2.05, 4.69) is 218 Å². The smallest absolute Gasteiger partial charge is 0.668 e. The molecule has 1 aliphatic rings. The summed E-state index contributed by atoms with van der Waals surface area (Å²) >= 11 is 22.6. The molecule has 0 aliphatic heterocycles. The van der Waals surface area contributed by atoms with Crippen LogP contribution in [0.25, 0.3) is 36.9 Å². The average molecular weight is 1670 g/mol. The predicted molar refractivity (Wildman–Crippen MR) is 457 cm³/mol. The van der Waals surface area contributed by atoms with Crippen LogP contribution in [0, 0.1) is 84.9 Å². The molecule has 1 fully saturated rings. The number of nitrogens with one attached hydrogen (secondary N) is 4. The van der Waals surface area contributed by atoms with Crippen molar-refractivity contribution in [2.75, 3.05) is 140 Å². The molecule has 0 heterocycles. The van der Waals surface area contributed by atoms with Crippen molar-refractivity contribution in [3.8, 4) is 65.1 Å². The van der Waals surface area contributed by atoms with Crippen LogP contribution < -0.4 is 55.2 Å². The van der Waals surface area contributed by atoms with E-state index in [4.69, 9.17) is 63.0 Å². The van der Waals surface area contributed by atoms with Gasteiger partial charge < -0.3 is 76.4 Å². The average Bonchev–Trinajstić information content (AvgIpc) is 2.22. The Morgan fingerprint density at radius 3 is 0.872 bits per heavy atom. The van der Waals surface area contributed by atoms with Gasteiger partial charge in [0.05, 0.1) is 0 Å². The van der Waals surface area contributed by atoms with Gasteiger partial charge in [0.25, 0.3) is 0 Å². The van der Waals surface area contributed by atoms with Gasteiger partial charge >= 0.3 is 82.0 Å². The number of hydrogen-bond acceptors (Lipinski definition) is 5. The summed E-state index contributed by atoms with van der Waals surface area (Å²) in [6.45, 7) is 51.8. The summed E-state index contributed by atoms with van der Waals surface area (Å²) in [5.74, 6) is 30.7. The fourth-order valence-corrected chi connectivity index (χ4v) is 13.8. The van der Waals surface area contributed by atoms with Gasteiger partial charge in [-0.05, 0) is 115 Å². The summed E-state index contributed by atoms with van der Waals surface area (Å²) in [4.78, 5) is 19.0. The Hall–Kier alpha value is 2.11. The zero-order valence-corrected chi connectivity index (χ0v) is 84.3. The molecule has 0 aromatic rings. The van der Waals surface area contributed by atoms with E-state index in [1.165, 1.54) is 63.8 Å². The van der Waals surface area contributed by atoms with Gasteiger partial charge in [0.1, 0.15) is 32.9 Å². The van der Waals surface area contributed by atoms with Gasteiger partial charge in [0.2, 0.25) is 0 Å². The molecule has 1 saturated carbocycles. The number of halogens is 4. The zero-order valence-electron chi connectivity index (χ0n) is 68.4. The second-order valence-electron chi connectivity index (χ2n) is 24.1. The molecule has 0 radical (unpaired) electrons. The molecule has 12 nitrogen and oxygen atoms in total. The summed E-state index contributed by atoms with van der Waals surface area (Å²) in [5, 5.41) is 21.0. The normalized spacial score (nSPS) is 10.1. The maximum Gasteiger partial charge on any atom is 4.00 e. The van der Waals surface area contributed by atoms with E-state index in [1.807, 2.05) is 32.9 Å². The molecule has 0 atom stereocenters. The third-order valence-corrected chi connectivity index (χ3v) is 27.9. The van der Waals surface area contributed by atoms with Crippen LogP contribution in [0.4, 0.5) is 0 Å². The largest absolute Gasteiger partial charge is 4.00 e. The second-order valence-corrected chi connectivity index (χ2v) is 55.3. The van der Waals surface area contributed by atoms with Crippen LogP contribution >= 0.6 is 45.9 Å². The molecule has 0 aromatic heterocycles. The number of alkyl halides is 3. The van der Waals surface area contributed by atoms with Gasteiger partial charge in [-0.1, -0.05) is 190 Å².